The third-order valence-corrected chi connectivity index (χ3v) is 4.02. The van der Waals surface area contributed by atoms with E-state index in [1.807, 2.05) is 6.92 Å². The van der Waals surface area contributed by atoms with E-state index < -0.39 is 60.9 Å². The molecule has 1 heterocycles. The Labute approximate surface area is 175 Å². The Balaban J connectivity index is 3.31. The van der Waals surface area contributed by atoms with Crippen molar-refractivity contribution in [1.29, 1.82) is 0 Å². The minimum absolute atomic E-state index is 0.316. The highest BCUT2D eigenvalue weighted by Crippen LogP contribution is 2.31. The molecule has 6 atom stereocenters. The first-order valence-electron chi connectivity index (χ1n) is 9.57. The molecule has 0 aliphatic carbocycles. The summed E-state index contributed by atoms with van der Waals surface area (Å²) in [5.74, 6) is -2.70. The van der Waals surface area contributed by atoms with Gasteiger partial charge in [0, 0.05) is 34.8 Å². The molecule has 1 aliphatic heterocycles. The molecule has 1 saturated heterocycles. The molecule has 0 aromatic rings. The fraction of sp³-hybridized carbons (Fsp3) is 0.789. The van der Waals surface area contributed by atoms with Gasteiger partial charge in [0.2, 0.25) is 6.29 Å². The number of methoxy groups -OCH3 is 1. The van der Waals surface area contributed by atoms with Crippen LogP contribution in [0.2, 0.25) is 0 Å². The number of carbonyl (C=O) groups is 4. The van der Waals surface area contributed by atoms with Gasteiger partial charge in [0.1, 0.15) is 12.7 Å². The predicted molar refractivity (Wildman–Crippen MR) is 98.7 cm³/mol. The Hall–Kier alpha value is -2.24. The van der Waals surface area contributed by atoms with Crippen LogP contribution in [-0.2, 0) is 52.3 Å². The Morgan fingerprint density at radius 1 is 0.833 bits per heavy atom. The molecule has 0 radical (unpaired) electrons. The zero-order valence-corrected chi connectivity index (χ0v) is 18.1. The number of hydrogen-bond donors (Lipinski definition) is 0. The minimum Gasteiger partial charge on any atom is -0.463 e. The molecule has 172 valence electrons. The smallest absolute Gasteiger partial charge is 0.303 e. The van der Waals surface area contributed by atoms with Crippen LogP contribution in [0.5, 0.6) is 0 Å². The summed E-state index contributed by atoms with van der Waals surface area (Å²) >= 11 is 0. The second kappa shape index (κ2) is 12.5. The summed E-state index contributed by atoms with van der Waals surface area (Å²) in [7, 11) is 1.44. The molecule has 11 heteroatoms. The minimum atomic E-state index is -1.27. The van der Waals surface area contributed by atoms with Gasteiger partial charge in [0.25, 0.3) is 0 Å². The highest BCUT2D eigenvalue weighted by Gasteiger charge is 2.53. The van der Waals surface area contributed by atoms with Gasteiger partial charge in [0.15, 0.2) is 24.6 Å². The van der Waals surface area contributed by atoms with Crippen LogP contribution in [0.3, 0.4) is 0 Å². The zero-order chi connectivity index (χ0) is 22.8. The number of rotatable bonds is 10. The van der Waals surface area contributed by atoms with Crippen molar-refractivity contribution >= 4 is 23.9 Å². The molecule has 0 spiro atoms. The highest BCUT2D eigenvalue weighted by molar-refractivity contribution is 5.68. The lowest BCUT2D eigenvalue weighted by Gasteiger charge is -2.44. The van der Waals surface area contributed by atoms with Gasteiger partial charge in [-0.3, -0.25) is 19.2 Å². The summed E-state index contributed by atoms with van der Waals surface area (Å²) in [6.45, 7) is 6.26. The maximum absolute atomic E-state index is 11.7. The summed E-state index contributed by atoms with van der Waals surface area (Å²) in [4.78, 5) is 46.4. The molecule has 0 aromatic carbocycles. The van der Waals surface area contributed by atoms with Crippen molar-refractivity contribution in [2.45, 2.75) is 84.5 Å². The summed E-state index contributed by atoms with van der Waals surface area (Å²) < 4.78 is 37.8. The van der Waals surface area contributed by atoms with Gasteiger partial charge < -0.3 is 33.2 Å². The molecule has 0 saturated carbocycles. The molecular weight excluding hydrogens is 404 g/mol. The Kier molecular flexibility index (Phi) is 10.7. The lowest BCUT2D eigenvalue weighted by atomic mass is 9.98. The molecule has 0 bridgehead atoms. The standard InChI is InChI=1S/C19H30O11/c1-7-8-15(24-6)30-19-18(28-13(5)23)17(27-12(4)22)16(26-11(3)21)14(29-19)9-25-10(2)20/h14-19H,7-9H2,1-6H3/t14-,15+,16-,17+,18-,19+/m1/s1. The Morgan fingerprint density at radius 2 is 1.37 bits per heavy atom. The molecule has 0 amide bonds. The van der Waals surface area contributed by atoms with Gasteiger partial charge in [0.05, 0.1) is 0 Å². The van der Waals surface area contributed by atoms with Crippen LogP contribution in [0, 0.1) is 0 Å². The van der Waals surface area contributed by atoms with Crippen LogP contribution in [-0.4, -0.2) is 74.6 Å². The lowest BCUT2D eigenvalue weighted by Crippen LogP contribution is -2.63. The number of carbonyl (C=O) groups excluding carboxylic acids is 4. The van der Waals surface area contributed by atoms with E-state index in [-0.39, 0.29) is 6.61 Å². The van der Waals surface area contributed by atoms with E-state index in [2.05, 4.69) is 0 Å². The topological polar surface area (TPSA) is 133 Å². The van der Waals surface area contributed by atoms with Crippen LogP contribution in [0.25, 0.3) is 0 Å². The maximum atomic E-state index is 11.7. The van der Waals surface area contributed by atoms with Crippen LogP contribution in [0.15, 0.2) is 0 Å². The summed E-state index contributed by atoms with van der Waals surface area (Å²) in [6, 6.07) is 0. The third-order valence-electron chi connectivity index (χ3n) is 4.02. The van der Waals surface area contributed by atoms with Gasteiger partial charge in [-0.2, -0.15) is 0 Å². The molecule has 0 unspecified atom stereocenters. The molecule has 11 nitrogen and oxygen atoms in total. The van der Waals surface area contributed by atoms with Crippen molar-refractivity contribution in [3.63, 3.8) is 0 Å². The monoisotopic (exact) mass is 434 g/mol. The molecule has 1 rings (SSSR count). The van der Waals surface area contributed by atoms with Crippen LogP contribution >= 0.6 is 0 Å². The first-order valence-corrected chi connectivity index (χ1v) is 9.57. The average molecular weight is 434 g/mol. The average Bonchev–Trinajstić information content (AvgIpc) is 2.63. The van der Waals surface area contributed by atoms with Gasteiger partial charge in [-0.1, -0.05) is 13.3 Å². The normalized spacial score (nSPS) is 26.9. The van der Waals surface area contributed by atoms with Crippen molar-refractivity contribution in [2.75, 3.05) is 13.7 Å². The zero-order valence-electron chi connectivity index (χ0n) is 18.1. The number of ether oxygens (including phenoxy) is 7. The second-order valence-corrected chi connectivity index (χ2v) is 6.66. The predicted octanol–water partition coefficient (Wildman–Crippen LogP) is 0.859. The summed E-state index contributed by atoms with van der Waals surface area (Å²) in [6.07, 6.45) is -5.54. The third kappa shape index (κ3) is 8.25. The summed E-state index contributed by atoms with van der Waals surface area (Å²) in [5, 5.41) is 0. The quantitative estimate of drug-likeness (QED) is 0.275. The van der Waals surface area contributed by atoms with Crippen molar-refractivity contribution in [2.24, 2.45) is 0 Å². The largest absolute Gasteiger partial charge is 0.463 e. The summed E-state index contributed by atoms with van der Waals surface area (Å²) in [5.41, 5.74) is 0. The Bertz CT molecular complexity index is 605. The molecule has 0 aromatic heterocycles. The Morgan fingerprint density at radius 3 is 1.83 bits per heavy atom. The van der Waals surface area contributed by atoms with E-state index in [0.717, 1.165) is 27.2 Å². The maximum Gasteiger partial charge on any atom is 0.303 e. The molecule has 1 aliphatic rings. The number of esters is 4. The van der Waals surface area contributed by atoms with Crippen LogP contribution < -0.4 is 0 Å². The van der Waals surface area contributed by atoms with E-state index in [1.165, 1.54) is 14.0 Å². The van der Waals surface area contributed by atoms with E-state index in [4.69, 9.17) is 33.2 Å². The second-order valence-electron chi connectivity index (χ2n) is 6.66. The van der Waals surface area contributed by atoms with Crippen molar-refractivity contribution in [1.82, 2.24) is 0 Å². The van der Waals surface area contributed by atoms with Gasteiger partial charge in [-0.15, -0.1) is 0 Å². The van der Waals surface area contributed by atoms with Crippen molar-refractivity contribution < 1.29 is 52.3 Å². The lowest BCUT2D eigenvalue weighted by molar-refractivity contribution is -0.338. The van der Waals surface area contributed by atoms with Crippen LogP contribution in [0.4, 0.5) is 0 Å². The van der Waals surface area contributed by atoms with Gasteiger partial charge in [-0.05, 0) is 6.42 Å². The molecule has 30 heavy (non-hydrogen) atoms. The first kappa shape index (κ1) is 25.8. The molecule has 1 fully saturated rings. The van der Waals surface area contributed by atoms with E-state index in [0.29, 0.717) is 6.42 Å². The van der Waals surface area contributed by atoms with E-state index >= 15 is 0 Å². The van der Waals surface area contributed by atoms with Crippen molar-refractivity contribution in [3.05, 3.63) is 0 Å². The van der Waals surface area contributed by atoms with E-state index in [9.17, 15) is 19.2 Å². The number of hydrogen-bond acceptors (Lipinski definition) is 11. The molecular formula is C19H30O11. The van der Waals surface area contributed by atoms with Gasteiger partial charge >= 0.3 is 23.9 Å². The SMILES string of the molecule is CCC[C@@H](OC)O[C@@H]1O[C@H](COC(C)=O)[C@@H](OC(C)=O)[C@H](OC(C)=O)[C@H]1OC(C)=O. The first-order chi connectivity index (χ1) is 14.1. The fourth-order valence-electron chi connectivity index (χ4n) is 2.92. The van der Waals surface area contributed by atoms with E-state index in [1.54, 1.807) is 0 Å². The molecule has 0 N–H and O–H groups in total. The van der Waals surface area contributed by atoms with Gasteiger partial charge in [-0.25, -0.2) is 0 Å². The van der Waals surface area contributed by atoms with Crippen molar-refractivity contribution in [3.8, 4) is 0 Å². The van der Waals surface area contributed by atoms with Crippen LogP contribution in [0.1, 0.15) is 47.5 Å². The highest BCUT2D eigenvalue weighted by atomic mass is 16.8. The fourth-order valence-corrected chi connectivity index (χ4v) is 2.92.